The van der Waals surface area contributed by atoms with Crippen molar-refractivity contribution in [3.05, 3.63) is 29.8 Å². The van der Waals surface area contributed by atoms with Crippen molar-refractivity contribution >= 4 is 5.69 Å². The SMILES string of the molecule is CCN(CC)CCN(C)c1ccc(CN)cc1. The predicted molar refractivity (Wildman–Crippen MR) is 75.4 cm³/mol. The minimum atomic E-state index is 0.615. The van der Waals surface area contributed by atoms with Crippen LogP contribution in [0.4, 0.5) is 5.69 Å². The summed E-state index contributed by atoms with van der Waals surface area (Å²) in [5.41, 5.74) is 8.03. The fourth-order valence-corrected chi connectivity index (χ4v) is 1.85. The highest BCUT2D eigenvalue weighted by atomic mass is 15.2. The number of rotatable bonds is 7. The maximum Gasteiger partial charge on any atom is 0.0364 e. The van der Waals surface area contributed by atoms with E-state index >= 15 is 0 Å². The van der Waals surface area contributed by atoms with E-state index in [0.717, 1.165) is 26.2 Å². The molecule has 0 heterocycles. The van der Waals surface area contributed by atoms with E-state index in [1.165, 1.54) is 11.3 Å². The van der Waals surface area contributed by atoms with Gasteiger partial charge >= 0.3 is 0 Å². The topological polar surface area (TPSA) is 32.5 Å². The lowest BCUT2D eigenvalue weighted by atomic mass is 10.2. The van der Waals surface area contributed by atoms with Gasteiger partial charge in [0.25, 0.3) is 0 Å². The van der Waals surface area contributed by atoms with Crippen LogP contribution >= 0.6 is 0 Å². The van der Waals surface area contributed by atoms with Gasteiger partial charge in [0, 0.05) is 32.4 Å². The first kappa shape index (κ1) is 14.0. The molecule has 1 aromatic rings. The molecule has 0 aromatic heterocycles. The van der Waals surface area contributed by atoms with Crippen LogP contribution in [0.15, 0.2) is 24.3 Å². The lowest BCUT2D eigenvalue weighted by Crippen LogP contribution is -2.33. The highest BCUT2D eigenvalue weighted by molar-refractivity contribution is 5.46. The number of hydrogen-bond acceptors (Lipinski definition) is 3. The van der Waals surface area contributed by atoms with Crippen molar-refractivity contribution in [3.63, 3.8) is 0 Å². The van der Waals surface area contributed by atoms with Crippen LogP contribution in [0.5, 0.6) is 0 Å². The van der Waals surface area contributed by atoms with Gasteiger partial charge in [-0.05, 0) is 30.8 Å². The Morgan fingerprint density at radius 2 is 1.59 bits per heavy atom. The molecule has 0 aliphatic carbocycles. The molecule has 0 aliphatic heterocycles. The average Bonchev–Trinajstić information content (AvgIpc) is 2.39. The number of nitrogens with zero attached hydrogens (tertiary/aromatic N) is 2. The summed E-state index contributed by atoms with van der Waals surface area (Å²) < 4.78 is 0. The van der Waals surface area contributed by atoms with E-state index in [4.69, 9.17) is 5.73 Å². The highest BCUT2D eigenvalue weighted by Gasteiger charge is 2.03. The van der Waals surface area contributed by atoms with E-state index in [1.807, 2.05) is 0 Å². The van der Waals surface area contributed by atoms with Crippen molar-refractivity contribution in [2.75, 3.05) is 38.1 Å². The summed E-state index contributed by atoms with van der Waals surface area (Å²) in [6, 6.07) is 8.49. The Hall–Kier alpha value is -1.06. The van der Waals surface area contributed by atoms with E-state index < -0.39 is 0 Å². The van der Waals surface area contributed by atoms with E-state index in [1.54, 1.807) is 0 Å². The second kappa shape index (κ2) is 7.30. The first-order chi connectivity index (χ1) is 8.21. The van der Waals surface area contributed by atoms with Crippen LogP contribution in [0, 0.1) is 0 Å². The summed E-state index contributed by atoms with van der Waals surface area (Å²) in [5, 5.41) is 0. The van der Waals surface area contributed by atoms with E-state index in [2.05, 4.69) is 55.0 Å². The molecular weight excluding hydrogens is 210 g/mol. The van der Waals surface area contributed by atoms with Gasteiger partial charge in [-0.2, -0.15) is 0 Å². The lowest BCUT2D eigenvalue weighted by Gasteiger charge is -2.24. The Balaban J connectivity index is 2.48. The molecule has 1 rings (SSSR count). The fraction of sp³-hybridized carbons (Fsp3) is 0.571. The Kier molecular flexibility index (Phi) is 6.01. The molecule has 0 atom stereocenters. The third-order valence-electron chi connectivity index (χ3n) is 3.26. The molecule has 3 heteroatoms. The zero-order valence-electron chi connectivity index (χ0n) is 11.3. The second-order valence-electron chi connectivity index (χ2n) is 4.32. The van der Waals surface area contributed by atoms with Crippen molar-refractivity contribution in [3.8, 4) is 0 Å². The Bertz CT molecular complexity index is 304. The molecule has 0 amide bonds. The highest BCUT2D eigenvalue weighted by Crippen LogP contribution is 2.13. The molecule has 17 heavy (non-hydrogen) atoms. The van der Waals surface area contributed by atoms with Crippen LogP contribution in [0.3, 0.4) is 0 Å². The van der Waals surface area contributed by atoms with Gasteiger partial charge in [0.1, 0.15) is 0 Å². The molecule has 0 unspecified atom stereocenters. The van der Waals surface area contributed by atoms with Crippen LogP contribution in [-0.4, -0.2) is 38.1 Å². The average molecular weight is 235 g/mol. The summed E-state index contributed by atoms with van der Waals surface area (Å²) in [7, 11) is 2.14. The lowest BCUT2D eigenvalue weighted by molar-refractivity contribution is 0.311. The predicted octanol–water partition coefficient (Wildman–Crippen LogP) is 1.92. The molecule has 2 N–H and O–H groups in total. The van der Waals surface area contributed by atoms with E-state index in [9.17, 15) is 0 Å². The number of nitrogens with two attached hydrogens (primary N) is 1. The molecule has 0 radical (unpaired) electrons. The van der Waals surface area contributed by atoms with Crippen molar-refractivity contribution in [1.82, 2.24) is 4.90 Å². The smallest absolute Gasteiger partial charge is 0.0364 e. The van der Waals surface area contributed by atoms with Crippen LogP contribution in [0.25, 0.3) is 0 Å². The summed E-state index contributed by atoms with van der Waals surface area (Å²) in [6.45, 7) is 9.45. The molecule has 0 bridgehead atoms. The summed E-state index contributed by atoms with van der Waals surface area (Å²) in [4.78, 5) is 4.73. The van der Waals surface area contributed by atoms with Crippen LogP contribution < -0.4 is 10.6 Å². The summed E-state index contributed by atoms with van der Waals surface area (Å²) >= 11 is 0. The van der Waals surface area contributed by atoms with Gasteiger partial charge < -0.3 is 15.5 Å². The van der Waals surface area contributed by atoms with Gasteiger partial charge in [-0.25, -0.2) is 0 Å². The minimum Gasteiger partial charge on any atom is -0.373 e. The largest absolute Gasteiger partial charge is 0.373 e. The molecule has 0 fully saturated rings. The van der Waals surface area contributed by atoms with Gasteiger partial charge in [-0.3, -0.25) is 0 Å². The molecule has 0 saturated carbocycles. The van der Waals surface area contributed by atoms with Crippen LogP contribution in [0.1, 0.15) is 19.4 Å². The molecule has 0 aliphatic rings. The van der Waals surface area contributed by atoms with Crippen molar-refractivity contribution in [2.24, 2.45) is 5.73 Å². The Morgan fingerprint density at radius 3 is 2.06 bits per heavy atom. The first-order valence-electron chi connectivity index (χ1n) is 6.43. The molecule has 96 valence electrons. The molecular formula is C14H25N3. The van der Waals surface area contributed by atoms with Gasteiger partial charge in [0.2, 0.25) is 0 Å². The first-order valence-corrected chi connectivity index (χ1v) is 6.43. The number of anilines is 1. The van der Waals surface area contributed by atoms with Gasteiger partial charge in [-0.1, -0.05) is 26.0 Å². The number of hydrogen-bond donors (Lipinski definition) is 1. The fourth-order valence-electron chi connectivity index (χ4n) is 1.85. The zero-order valence-corrected chi connectivity index (χ0v) is 11.3. The Labute approximate surface area is 105 Å². The van der Waals surface area contributed by atoms with E-state index in [-0.39, 0.29) is 0 Å². The number of likely N-dealkylation sites (N-methyl/N-ethyl adjacent to an activating group) is 2. The van der Waals surface area contributed by atoms with Crippen LogP contribution in [0.2, 0.25) is 0 Å². The minimum absolute atomic E-state index is 0.615. The third-order valence-corrected chi connectivity index (χ3v) is 3.26. The van der Waals surface area contributed by atoms with Crippen molar-refractivity contribution in [2.45, 2.75) is 20.4 Å². The second-order valence-corrected chi connectivity index (χ2v) is 4.32. The maximum absolute atomic E-state index is 5.59. The zero-order chi connectivity index (χ0) is 12.7. The van der Waals surface area contributed by atoms with Gasteiger partial charge in [0.15, 0.2) is 0 Å². The van der Waals surface area contributed by atoms with Crippen LogP contribution in [-0.2, 0) is 6.54 Å². The monoisotopic (exact) mass is 235 g/mol. The molecule has 3 nitrogen and oxygen atoms in total. The summed E-state index contributed by atoms with van der Waals surface area (Å²) in [6.07, 6.45) is 0. The molecule has 0 spiro atoms. The van der Waals surface area contributed by atoms with E-state index in [0.29, 0.717) is 6.54 Å². The molecule has 0 saturated heterocycles. The van der Waals surface area contributed by atoms with Gasteiger partial charge in [-0.15, -0.1) is 0 Å². The van der Waals surface area contributed by atoms with Crippen molar-refractivity contribution < 1.29 is 0 Å². The number of benzene rings is 1. The van der Waals surface area contributed by atoms with Crippen molar-refractivity contribution in [1.29, 1.82) is 0 Å². The third kappa shape index (κ3) is 4.36. The molecule has 1 aromatic carbocycles. The summed E-state index contributed by atoms with van der Waals surface area (Å²) in [5.74, 6) is 0. The van der Waals surface area contributed by atoms with Gasteiger partial charge in [0.05, 0.1) is 0 Å². The Morgan fingerprint density at radius 1 is 1.00 bits per heavy atom. The quantitative estimate of drug-likeness (QED) is 0.784. The normalized spacial score (nSPS) is 10.9. The standard InChI is InChI=1S/C14H25N3/c1-4-17(5-2)11-10-16(3)14-8-6-13(12-15)7-9-14/h6-9H,4-5,10-12,15H2,1-3H3. The maximum atomic E-state index is 5.59.